The molecule has 0 bridgehead atoms. The fourth-order valence-corrected chi connectivity index (χ4v) is 3.61. The third-order valence-electron chi connectivity index (χ3n) is 4.60. The Bertz CT molecular complexity index is 450. The van der Waals surface area contributed by atoms with Crippen molar-refractivity contribution in [1.82, 2.24) is 4.90 Å². The SMILES string of the molecule is NC1CCC2CN(Cc3cccc(C(F)F)c3)CC12. The largest absolute Gasteiger partial charge is 0.327 e. The van der Waals surface area contributed by atoms with Crippen LogP contribution in [0.3, 0.4) is 0 Å². The number of likely N-dealkylation sites (tertiary alicyclic amines) is 1. The number of nitrogens with zero attached hydrogens (tertiary/aromatic N) is 1. The molecule has 3 atom stereocenters. The zero-order valence-corrected chi connectivity index (χ0v) is 10.9. The smallest absolute Gasteiger partial charge is 0.263 e. The Kier molecular flexibility index (Phi) is 3.54. The Morgan fingerprint density at radius 2 is 2.11 bits per heavy atom. The molecule has 2 fully saturated rings. The van der Waals surface area contributed by atoms with E-state index in [0.717, 1.165) is 31.6 Å². The average Bonchev–Trinajstić information content (AvgIpc) is 2.92. The summed E-state index contributed by atoms with van der Waals surface area (Å²) in [6, 6.07) is 7.10. The maximum atomic E-state index is 12.7. The van der Waals surface area contributed by atoms with Gasteiger partial charge in [-0.25, -0.2) is 8.78 Å². The van der Waals surface area contributed by atoms with Gasteiger partial charge < -0.3 is 5.73 Å². The molecule has 1 saturated carbocycles. The number of nitrogens with two attached hydrogens (primary N) is 1. The molecule has 4 heteroatoms. The predicted octanol–water partition coefficient (Wildman–Crippen LogP) is 2.79. The molecule has 1 aromatic rings. The number of alkyl halides is 2. The van der Waals surface area contributed by atoms with Crippen molar-refractivity contribution in [1.29, 1.82) is 0 Å². The fourth-order valence-electron chi connectivity index (χ4n) is 3.61. The number of benzene rings is 1. The summed E-state index contributed by atoms with van der Waals surface area (Å²) in [5, 5.41) is 0. The highest BCUT2D eigenvalue weighted by molar-refractivity contribution is 5.24. The summed E-state index contributed by atoms with van der Waals surface area (Å²) in [5.41, 5.74) is 7.21. The van der Waals surface area contributed by atoms with Crippen molar-refractivity contribution in [2.24, 2.45) is 17.6 Å². The van der Waals surface area contributed by atoms with Gasteiger partial charge in [0.15, 0.2) is 0 Å². The van der Waals surface area contributed by atoms with Crippen LogP contribution in [0.2, 0.25) is 0 Å². The van der Waals surface area contributed by atoms with Crippen LogP contribution in [0.5, 0.6) is 0 Å². The zero-order chi connectivity index (χ0) is 13.4. The first-order valence-corrected chi connectivity index (χ1v) is 6.98. The minimum Gasteiger partial charge on any atom is -0.327 e. The first-order valence-electron chi connectivity index (χ1n) is 6.98. The van der Waals surface area contributed by atoms with Gasteiger partial charge in [-0.05, 0) is 36.3 Å². The first-order chi connectivity index (χ1) is 9.13. The second-order valence-corrected chi connectivity index (χ2v) is 5.90. The normalized spacial score (nSPS) is 31.1. The Hall–Kier alpha value is -1.00. The van der Waals surface area contributed by atoms with Crippen molar-refractivity contribution in [3.8, 4) is 0 Å². The van der Waals surface area contributed by atoms with Gasteiger partial charge in [-0.1, -0.05) is 18.2 Å². The van der Waals surface area contributed by atoms with Crippen LogP contribution in [-0.4, -0.2) is 24.0 Å². The van der Waals surface area contributed by atoms with Gasteiger partial charge >= 0.3 is 0 Å². The van der Waals surface area contributed by atoms with E-state index in [4.69, 9.17) is 5.73 Å². The Labute approximate surface area is 112 Å². The molecule has 0 amide bonds. The highest BCUT2D eigenvalue weighted by Crippen LogP contribution is 2.37. The number of halogens is 2. The van der Waals surface area contributed by atoms with Gasteiger partial charge in [0.25, 0.3) is 6.43 Å². The van der Waals surface area contributed by atoms with E-state index in [-0.39, 0.29) is 5.56 Å². The lowest BCUT2D eigenvalue weighted by Gasteiger charge is -2.18. The zero-order valence-electron chi connectivity index (χ0n) is 10.9. The summed E-state index contributed by atoms with van der Waals surface area (Å²) in [4.78, 5) is 2.36. The Morgan fingerprint density at radius 1 is 1.26 bits per heavy atom. The van der Waals surface area contributed by atoms with Crippen LogP contribution in [0, 0.1) is 11.8 Å². The molecule has 1 saturated heterocycles. The van der Waals surface area contributed by atoms with Crippen molar-refractivity contribution >= 4 is 0 Å². The number of hydrogen-bond donors (Lipinski definition) is 1. The fraction of sp³-hybridized carbons (Fsp3) is 0.600. The lowest BCUT2D eigenvalue weighted by molar-refractivity contribution is 0.151. The molecule has 0 spiro atoms. The number of rotatable bonds is 3. The molecule has 104 valence electrons. The van der Waals surface area contributed by atoms with E-state index < -0.39 is 6.43 Å². The molecule has 1 aliphatic carbocycles. The molecule has 1 heterocycles. The standard InChI is InChI=1S/C15H20F2N2/c16-15(17)11-3-1-2-10(6-11)7-19-8-12-4-5-14(18)13(12)9-19/h1-3,6,12-15H,4-5,7-9,18H2. The molecule has 19 heavy (non-hydrogen) atoms. The van der Waals surface area contributed by atoms with E-state index in [1.54, 1.807) is 12.1 Å². The second kappa shape index (κ2) is 5.17. The summed E-state index contributed by atoms with van der Waals surface area (Å²) in [6.45, 7) is 2.85. The summed E-state index contributed by atoms with van der Waals surface area (Å²) in [7, 11) is 0. The van der Waals surface area contributed by atoms with Crippen LogP contribution < -0.4 is 5.73 Å². The van der Waals surface area contributed by atoms with Crippen molar-refractivity contribution in [3.63, 3.8) is 0 Å². The summed E-state index contributed by atoms with van der Waals surface area (Å²) >= 11 is 0. The maximum absolute atomic E-state index is 12.7. The Balaban J connectivity index is 1.65. The third kappa shape index (κ3) is 2.65. The minimum absolute atomic E-state index is 0.119. The highest BCUT2D eigenvalue weighted by Gasteiger charge is 2.40. The van der Waals surface area contributed by atoms with Gasteiger partial charge in [0.2, 0.25) is 0 Å². The molecular weight excluding hydrogens is 246 g/mol. The van der Waals surface area contributed by atoms with Crippen molar-refractivity contribution < 1.29 is 8.78 Å². The number of fused-ring (bicyclic) bond motifs is 1. The molecule has 2 aliphatic rings. The van der Waals surface area contributed by atoms with Crippen LogP contribution in [-0.2, 0) is 6.54 Å². The van der Waals surface area contributed by atoms with Crippen molar-refractivity contribution in [2.45, 2.75) is 31.9 Å². The van der Waals surface area contributed by atoms with E-state index in [9.17, 15) is 8.78 Å². The average molecular weight is 266 g/mol. The topological polar surface area (TPSA) is 29.3 Å². The molecular formula is C15H20F2N2. The monoisotopic (exact) mass is 266 g/mol. The molecule has 1 aromatic carbocycles. The summed E-state index contributed by atoms with van der Waals surface area (Å²) in [6.07, 6.45) is -0.0185. The molecule has 0 radical (unpaired) electrons. The van der Waals surface area contributed by atoms with Gasteiger partial charge in [-0.15, -0.1) is 0 Å². The number of hydrogen-bond acceptors (Lipinski definition) is 2. The van der Waals surface area contributed by atoms with Gasteiger partial charge in [0, 0.05) is 31.2 Å². The lowest BCUT2D eigenvalue weighted by Crippen LogP contribution is -2.30. The van der Waals surface area contributed by atoms with Crippen LogP contribution in [0.4, 0.5) is 8.78 Å². The van der Waals surface area contributed by atoms with Crippen LogP contribution >= 0.6 is 0 Å². The van der Waals surface area contributed by atoms with E-state index in [1.807, 2.05) is 6.07 Å². The molecule has 1 aliphatic heterocycles. The van der Waals surface area contributed by atoms with E-state index in [0.29, 0.717) is 17.9 Å². The summed E-state index contributed by atoms with van der Waals surface area (Å²) in [5.74, 6) is 1.33. The molecule has 2 nitrogen and oxygen atoms in total. The molecule has 3 rings (SSSR count). The predicted molar refractivity (Wildman–Crippen MR) is 70.9 cm³/mol. The molecule has 3 unspecified atom stereocenters. The van der Waals surface area contributed by atoms with E-state index in [1.165, 1.54) is 12.5 Å². The lowest BCUT2D eigenvalue weighted by atomic mass is 9.98. The van der Waals surface area contributed by atoms with Crippen molar-refractivity contribution in [2.75, 3.05) is 13.1 Å². The van der Waals surface area contributed by atoms with E-state index >= 15 is 0 Å². The highest BCUT2D eigenvalue weighted by atomic mass is 19.3. The van der Waals surface area contributed by atoms with Crippen LogP contribution in [0.25, 0.3) is 0 Å². The minimum atomic E-state index is -2.38. The Morgan fingerprint density at radius 3 is 2.84 bits per heavy atom. The quantitative estimate of drug-likeness (QED) is 0.911. The third-order valence-corrected chi connectivity index (χ3v) is 4.60. The summed E-state index contributed by atoms with van der Waals surface area (Å²) < 4.78 is 25.3. The molecule has 2 N–H and O–H groups in total. The van der Waals surface area contributed by atoms with Gasteiger partial charge in [0.1, 0.15) is 0 Å². The first kappa shape index (κ1) is 13.0. The van der Waals surface area contributed by atoms with Crippen LogP contribution in [0.1, 0.15) is 30.4 Å². The maximum Gasteiger partial charge on any atom is 0.263 e. The van der Waals surface area contributed by atoms with Gasteiger partial charge in [0.05, 0.1) is 0 Å². The van der Waals surface area contributed by atoms with Gasteiger partial charge in [-0.2, -0.15) is 0 Å². The van der Waals surface area contributed by atoms with Gasteiger partial charge in [-0.3, -0.25) is 4.90 Å². The van der Waals surface area contributed by atoms with Crippen molar-refractivity contribution in [3.05, 3.63) is 35.4 Å². The van der Waals surface area contributed by atoms with E-state index in [2.05, 4.69) is 4.90 Å². The second-order valence-electron chi connectivity index (χ2n) is 5.90. The molecule has 0 aromatic heterocycles. The van der Waals surface area contributed by atoms with Crippen LogP contribution in [0.15, 0.2) is 24.3 Å².